The van der Waals surface area contributed by atoms with Crippen molar-refractivity contribution in [2.45, 2.75) is 25.9 Å². The number of halogens is 2. The first-order valence-corrected chi connectivity index (χ1v) is 4.63. The van der Waals surface area contributed by atoms with Crippen LogP contribution in [0.25, 0.3) is 0 Å². The molecule has 1 aromatic carbocycles. The third-order valence-corrected chi connectivity index (χ3v) is 2.23. The van der Waals surface area contributed by atoms with Crippen LogP contribution < -0.4 is 0 Å². The molecule has 0 unspecified atom stereocenters. The number of aliphatic hydroxyl groups is 1. The van der Waals surface area contributed by atoms with Gasteiger partial charge in [0.1, 0.15) is 5.82 Å². The van der Waals surface area contributed by atoms with Crippen molar-refractivity contribution in [3.8, 4) is 0 Å². The minimum Gasteiger partial charge on any atom is -0.393 e. The van der Waals surface area contributed by atoms with Gasteiger partial charge in [0.05, 0.1) is 11.1 Å². The summed E-state index contributed by atoms with van der Waals surface area (Å²) in [5, 5.41) is 9.44. The molecule has 0 heterocycles. The van der Waals surface area contributed by atoms with Gasteiger partial charge in [-0.15, -0.1) is 0 Å². The zero-order valence-electron chi connectivity index (χ0n) is 7.43. The van der Waals surface area contributed by atoms with Gasteiger partial charge in [0.25, 0.3) is 0 Å². The van der Waals surface area contributed by atoms with Crippen LogP contribution in [0.2, 0.25) is 5.02 Å². The topological polar surface area (TPSA) is 20.2 Å². The summed E-state index contributed by atoms with van der Waals surface area (Å²) in [5.74, 6) is -0.428. The van der Waals surface area contributed by atoms with E-state index < -0.39 is 11.9 Å². The van der Waals surface area contributed by atoms with Gasteiger partial charge < -0.3 is 5.11 Å². The first-order valence-electron chi connectivity index (χ1n) is 4.25. The van der Waals surface area contributed by atoms with Gasteiger partial charge in [0.2, 0.25) is 0 Å². The lowest BCUT2D eigenvalue weighted by atomic mass is 10.1. The number of hydrogen-bond donors (Lipinski definition) is 1. The molecule has 0 bridgehead atoms. The molecule has 0 spiro atoms. The molecule has 0 saturated heterocycles. The maximum atomic E-state index is 12.9. The van der Waals surface area contributed by atoms with Gasteiger partial charge >= 0.3 is 0 Å². The Labute approximate surface area is 82.2 Å². The van der Waals surface area contributed by atoms with Crippen molar-refractivity contribution in [1.82, 2.24) is 0 Å². The maximum absolute atomic E-state index is 12.9. The maximum Gasteiger partial charge on any atom is 0.142 e. The molecule has 1 N–H and O–H groups in total. The standard InChI is InChI=1S/C10H12ClFO/c1-2-8(13)5-7-3-4-9(11)10(12)6-7/h3-4,6,8,13H,2,5H2,1H3/t8-/m1/s1. The summed E-state index contributed by atoms with van der Waals surface area (Å²) in [5.41, 5.74) is 0.774. The van der Waals surface area contributed by atoms with Gasteiger partial charge in [-0.05, 0) is 30.5 Å². The summed E-state index contributed by atoms with van der Waals surface area (Å²) in [4.78, 5) is 0. The summed E-state index contributed by atoms with van der Waals surface area (Å²) in [6.45, 7) is 1.89. The lowest BCUT2D eigenvalue weighted by molar-refractivity contribution is 0.170. The molecule has 1 nitrogen and oxygen atoms in total. The van der Waals surface area contributed by atoms with Crippen molar-refractivity contribution in [2.24, 2.45) is 0 Å². The number of benzene rings is 1. The van der Waals surface area contributed by atoms with E-state index in [-0.39, 0.29) is 5.02 Å². The Hall–Kier alpha value is -0.600. The zero-order valence-corrected chi connectivity index (χ0v) is 8.18. The highest BCUT2D eigenvalue weighted by molar-refractivity contribution is 6.30. The molecule has 0 amide bonds. The molecule has 1 aromatic rings. The highest BCUT2D eigenvalue weighted by Crippen LogP contribution is 2.16. The van der Waals surface area contributed by atoms with E-state index in [0.29, 0.717) is 12.8 Å². The van der Waals surface area contributed by atoms with E-state index in [1.54, 1.807) is 6.07 Å². The second kappa shape index (κ2) is 4.58. The molecule has 3 heteroatoms. The summed E-state index contributed by atoms with van der Waals surface area (Å²) in [7, 11) is 0. The van der Waals surface area contributed by atoms with Crippen molar-refractivity contribution in [1.29, 1.82) is 0 Å². The monoisotopic (exact) mass is 202 g/mol. The van der Waals surface area contributed by atoms with E-state index in [1.807, 2.05) is 6.92 Å². The van der Waals surface area contributed by atoms with Crippen LogP contribution in [-0.4, -0.2) is 11.2 Å². The lowest BCUT2D eigenvalue weighted by Crippen LogP contribution is -2.08. The molecular formula is C10H12ClFO. The van der Waals surface area contributed by atoms with Crippen molar-refractivity contribution in [3.63, 3.8) is 0 Å². The quantitative estimate of drug-likeness (QED) is 0.799. The first-order chi connectivity index (χ1) is 6.13. The molecule has 0 fully saturated rings. The third-order valence-electron chi connectivity index (χ3n) is 1.93. The number of rotatable bonds is 3. The fourth-order valence-electron chi connectivity index (χ4n) is 1.08. The fourth-order valence-corrected chi connectivity index (χ4v) is 1.20. The molecule has 1 rings (SSSR count). The normalized spacial score (nSPS) is 12.9. The summed E-state index contributed by atoms with van der Waals surface area (Å²) in [6.07, 6.45) is 0.745. The number of hydrogen-bond acceptors (Lipinski definition) is 1. The third kappa shape index (κ3) is 2.98. The van der Waals surface area contributed by atoms with Crippen molar-refractivity contribution >= 4 is 11.6 Å². The van der Waals surface area contributed by atoms with E-state index in [4.69, 9.17) is 11.6 Å². The Morgan fingerprint density at radius 2 is 2.23 bits per heavy atom. The average molecular weight is 203 g/mol. The molecule has 72 valence electrons. The predicted octanol–water partition coefficient (Wildman–Crippen LogP) is 2.79. The Balaban J connectivity index is 2.73. The molecule has 0 aromatic heterocycles. The van der Waals surface area contributed by atoms with Crippen LogP contribution in [0.4, 0.5) is 4.39 Å². The molecule has 13 heavy (non-hydrogen) atoms. The lowest BCUT2D eigenvalue weighted by Gasteiger charge is -2.07. The van der Waals surface area contributed by atoms with Crippen LogP contribution in [0.3, 0.4) is 0 Å². The Morgan fingerprint density at radius 1 is 1.54 bits per heavy atom. The Morgan fingerprint density at radius 3 is 2.77 bits per heavy atom. The summed E-state index contributed by atoms with van der Waals surface area (Å²) < 4.78 is 12.9. The van der Waals surface area contributed by atoms with E-state index in [9.17, 15) is 9.50 Å². The minimum absolute atomic E-state index is 0.120. The van der Waals surface area contributed by atoms with Crippen LogP contribution in [0.15, 0.2) is 18.2 Å². The highest BCUT2D eigenvalue weighted by Gasteiger charge is 2.05. The zero-order chi connectivity index (χ0) is 9.84. The second-order valence-electron chi connectivity index (χ2n) is 3.01. The van der Waals surface area contributed by atoms with Gasteiger partial charge in [0, 0.05) is 0 Å². The van der Waals surface area contributed by atoms with E-state index in [2.05, 4.69) is 0 Å². The average Bonchev–Trinajstić information content (AvgIpc) is 2.11. The Bertz CT molecular complexity index is 288. The summed E-state index contributed by atoms with van der Waals surface area (Å²) in [6, 6.07) is 4.60. The Kier molecular flexibility index (Phi) is 3.70. The predicted molar refractivity (Wildman–Crippen MR) is 51.4 cm³/mol. The van der Waals surface area contributed by atoms with Crippen molar-refractivity contribution < 1.29 is 9.50 Å². The van der Waals surface area contributed by atoms with Gasteiger partial charge in [-0.25, -0.2) is 4.39 Å². The van der Waals surface area contributed by atoms with E-state index in [1.165, 1.54) is 12.1 Å². The smallest absolute Gasteiger partial charge is 0.142 e. The summed E-state index contributed by atoms with van der Waals surface area (Å²) >= 11 is 5.51. The minimum atomic E-state index is -0.428. The molecule has 0 saturated carbocycles. The van der Waals surface area contributed by atoms with Crippen LogP contribution in [0, 0.1) is 5.82 Å². The molecule has 1 atom stereocenters. The second-order valence-corrected chi connectivity index (χ2v) is 3.42. The van der Waals surface area contributed by atoms with Gasteiger partial charge in [-0.3, -0.25) is 0 Å². The molecule has 0 aliphatic rings. The number of aliphatic hydroxyl groups excluding tert-OH is 1. The largest absolute Gasteiger partial charge is 0.393 e. The SMILES string of the molecule is CC[C@@H](O)Cc1ccc(Cl)c(F)c1. The van der Waals surface area contributed by atoms with Gasteiger partial charge in [-0.2, -0.15) is 0 Å². The van der Waals surface area contributed by atoms with Crippen LogP contribution in [-0.2, 0) is 6.42 Å². The van der Waals surface area contributed by atoms with Gasteiger partial charge in [0.15, 0.2) is 0 Å². The van der Waals surface area contributed by atoms with Gasteiger partial charge in [-0.1, -0.05) is 24.6 Å². The van der Waals surface area contributed by atoms with Crippen LogP contribution in [0.5, 0.6) is 0 Å². The molecular weight excluding hydrogens is 191 g/mol. The van der Waals surface area contributed by atoms with Crippen LogP contribution >= 0.6 is 11.6 Å². The molecule has 0 aliphatic carbocycles. The van der Waals surface area contributed by atoms with E-state index >= 15 is 0 Å². The molecule has 0 aliphatic heterocycles. The first kappa shape index (κ1) is 10.5. The van der Waals surface area contributed by atoms with E-state index in [0.717, 1.165) is 5.56 Å². The van der Waals surface area contributed by atoms with Crippen molar-refractivity contribution in [3.05, 3.63) is 34.6 Å². The fraction of sp³-hybridized carbons (Fsp3) is 0.400. The molecule has 0 radical (unpaired) electrons. The van der Waals surface area contributed by atoms with Crippen molar-refractivity contribution in [2.75, 3.05) is 0 Å². The van der Waals surface area contributed by atoms with Crippen LogP contribution in [0.1, 0.15) is 18.9 Å². The highest BCUT2D eigenvalue weighted by atomic mass is 35.5.